The van der Waals surface area contributed by atoms with Gasteiger partial charge in [0.2, 0.25) is 0 Å². The Balaban J connectivity index is 1.35. The summed E-state index contributed by atoms with van der Waals surface area (Å²) >= 11 is 0. The minimum Gasteiger partial charge on any atom is -0.508 e. The number of aromatic nitrogens is 2. The molecule has 0 spiro atoms. The van der Waals surface area contributed by atoms with Crippen LogP contribution in [0.15, 0.2) is 54.7 Å². The van der Waals surface area contributed by atoms with Gasteiger partial charge in [0.1, 0.15) is 11.6 Å². The van der Waals surface area contributed by atoms with Crippen LogP contribution >= 0.6 is 0 Å². The molecule has 4 rings (SSSR count). The Morgan fingerprint density at radius 1 is 1.19 bits per heavy atom. The zero-order valence-electron chi connectivity index (χ0n) is 15.0. The fraction of sp³-hybridized carbons (Fsp3) is 0.238. The van der Waals surface area contributed by atoms with Crippen LogP contribution in [-0.4, -0.2) is 27.2 Å². The number of rotatable bonds is 5. The normalized spacial score (nSPS) is 12.6. The number of carbonyl (C=O) groups is 1. The molecule has 1 aliphatic heterocycles. The third-order valence-electron chi connectivity index (χ3n) is 4.77. The summed E-state index contributed by atoms with van der Waals surface area (Å²) in [5.41, 5.74) is 4.08. The molecule has 0 saturated carbocycles. The van der Waals surface area contributed by atoms with E-state index in [-0.39, 0.29) is 11.8 Å². The van der Waals surface area contributed by atoms with Gasteiger partial charge in [0.25, 0.3) is 0 Å². The van der Waals surface area contributed by atoms with E-state index in [1.54, 1.807) is 12.1 Å². The average molecular weight is 362 g/mol. The number of amides is 2. The Hall–Kier alpha value is -3.28. The van der Waals surface area contributed by atoms with Crippen molar-refractivity contribution in [2.24, 2.45) is 0 Å². The summed E-state index contributed by atoms with van der Waals surface area (Å²) in [5, 5.41) is 15.0. The van der Waals surface area contributed by atoms with Crippen molar-refractivity contribution in [1.29, 1.82) is 0 Å². The van der Waals surface area contributed by atoms with Crippen LogP contribution in [0.1, 0.15) is 17.7 Å². The maximum absolute atomic E-state index is 12.2. The number of hydrogen-bond acceptors (Lipinski definition) is 3. The van der Waals surface area contributed by atoms with Gasteiger partial charge in [-0.05, 0) is 49.1 Å². The first-order valence-corrected chi connectivity index (χ1v) is 9.17. The third kappa shape index (κ3) is 3.95. The predicted molar refractivity (Wildman–Crippen MR) is 105 cm³/mol. The van der Waals surface area contributed by atoms with E-state index in [4.69, 9.17) is 0 Å². The molecule has 2 aromatic carbocycles. The summed E-state index contributed by atoms with van der Waals surface area (Å²) in [4.78, 5) is 16.7. The first-order chi connectivity index (χ1) is 13.2. The lowest BCUT2D eigenvalue weighted by atomic mass is 10.1. The molecule has 138 valence electrons. The second kappa shape index (κ2) is 7.53. The fourth-order valence-electron chi connectivity index (χ4n) is 3.40. The SMILES string of the molecule is O=C(NCCc1ccc(O)cc1)Nc1cccc(-c2ncc3n2CCC3)c1. The van der Waals surface area contributed by atoms with E-state index in [0.717, 1.165) is 42.0 Å². The zero-order chi connectivity index (χ0) is 18.6. The highest BCUT2D eigenvalue weighted by Crippen LogP contribution is 2.26. The fourth-order valence-corrected chi connectivity index (χ4v) is 3.40. The van der Waals surface area contributed by atoms with Crippen LogP contribution in [0, 0.1) is 0 Å². The van der Waals surface area contributed by atoms with Gasteiger partial charge in [-0.15, -0.1) is 0 Å². The molecule has 2 heterocycles. The average Bonchev–Trinajstić information content (AvgIpc) is 3.27. The van der Waals surface area contributed by atoms with E-state index in [1.807, 2.05) is 42.6 Å². The third-order valence-corrected chi connectivity index (χ3v) is 4.77. The van der Waals surface area contributed by atoms with Crippen molar-refractivity contribution in [2.75, 3.05) is 11.9 Å². The molecule has 0 atom stereocenters. The van der Waals surface area contributed by atoms with E-state index < -0.39 is 0 Å². The summed E-state index contributed by atoms with van der Waals surface area (Å²) in [6, 6.07) is 14.5. The Kier molecular flexibility index (Phi) is 4.78. The number of fused-ring (bicyclic) bond motifs is 1. The van der Waals surface area contributed by atoms with Crippen LogP contribution in [0.5, 0.6) is 5.75 Å². The molecule has 0 bridgehead atoms. The van der Waals surface area contributed by atoms with E-state index in [1.165, 1.54) is 5.69 Å². The Labute approximate surface area is 157 Å². The molecule has 2 amide bonds. The first-order valence-electron chi connectivity index (χ1n) is 9.17. The topological polar surface area (TPSA) is 79.2 Å². The molecular formula is C21H22N4O2. The van der Waals surface area contributed by atoms with Gasteiger partial charge >= 0.3 is 6.03 Å². The highest BCUT2D eigenvalue weighted by atomic mass is 16.3. The first kappa shape index (κ1) is 17.1. The minimum absolute atomic E-state index is 0.237. The van der Waals surface area contributed by atoms with Gasteiger partial charge in [-0.2, -0.15) is 0 Å². The summed E-state index contributed by atoms with van der Waals surface area (Å²) in [6.45, 7) is 1.52. The number of anilines is 1. The molecule has 3 N–H and O–H groups in total. The van der Waals surface area contributed by atoms with Crippen molar-refractivity contribution in [3.8, 4) is 17.1 Å². The molecule has 3 aromatic rings. The molecule has 6 heteroatoms. The number of nitrogens with zero attached hydrogens (tertiary/aromatic N) is 2. The van der Waals surface area contributed by atoms with Crippen LogP contribution in [0.3, 0.4) is 0 Å². The molecule has 1 aliphatic rings. The summed E-state index contributed by atoms with van der Waals surface area (Å²) < 4.78 is 2.25. The Bertz CT molecular complexity index is 947. The van der Waals surface area contributed by atoms with Crippen LogP contribution in [-0.2, 0) is 19.4 Å². The quantitative estimate of drug-likeness (QED) is 0.649. The summed E-state index contributed by atoms with van der Waals surface area (Å²) in [6.07, 6.45) is 4.88. The van der Waals surface area contributed by atoms with Crippen LogP contribution < -0.4 is 10.6 Å². The van der Waals surface area contributed by atoms with Gasteiger partial charge in [-0.1, -0.05) is 24.3 Å². The molecule has 0 aliphatic carbocycles. The molecule has 0 unspecified atom stereocenters. The molecule has 0 radical (unpaired) electrons. The number of benzene rings is 2. The molecule has 27 heavy (non-hydrogen) atoms. The van der Waals surface area contributed by atoms with Crippen LogP contribution in [0.4, 0.5) is 10.5 Å². The highest BCUT2D eigenvalue weighted by Gasteiger charge is 2.16. The second-order valence-corrected chi connectivity index (χ2v) is 6.71. The van der Waals surface area contributed by atoms with Gasteiger partial charge in [0.15, 0.2) is 0 Å². The molecule has 1 aromatic heterocycles. The van der Waals surface area contributed by atoms with E-state index in [9.17, 15) is 9.90 Å². The largest absolute Gasteiger partial charge is 0.508 e. The number of carbonyl (C=O) groups excluding carboxylic acids is 1. The van der Waals surface area contributed by atoms with Gasteiger partial charge in [-0.25, -0.2) is 9.78 Å². The van der Waals surface area contributed by atoms with Gasteiger partial charge in [-0.3, -0.25) is 0 Å². The second-order valence-electron chi connectivity index (χ2n) is 6.71. The molecule has 0 saturated heterocycles. The van der Waals surface area contributed by atoms with Crippen LogP contribution in [0.2, 0.25) is 0 Å². The van der Waals surface area contributed by atoms with Crippen molar-refractivity contribution < 1.29 is 9.90 Å². The molecular weight excluding hydrogens is 340 g/mol. The number of urea groups is 1. The maximum Gasteiger partial charge on any atom is 0.319 e. The standard InChI is InChI=1S/C21H22N4O2/c26-19-8-6-15(7-9-19)10-11-22-21(27)24-17-4-1-3-16(13-17)20-23-14-18-5-2-12-25(18)20/h1,3-4,6-9,13-14,26H,2,5,10-12H2,(H2,22,24,27). The zero-order valence-corrected chi connectivity index (χ0v) is 15.0. The highest BCUT2D eigenvalue weighted by molar-refractivity contribution is 5.89. The number of imidazole rings is 1. The molecule has 0 fully saturated rings. The maximum atomic E-state index is 12.2. The Morgan fingerprint density at radius 2 is 2.04 bits per heavy atom. The van der Waals surface area contributed by atoms with Gasteiger partial charge in [0, 0.05) is 36.2 Å². The minimum atomic E-state index is -0.237. The number of aromatic hydroxyl groups is 1. The number of nitrogens with one attached hydrogen (secondary N) is 2. The lowest BCUT2D eigenvalue weighted by Crippen LogP contribution is -2.30. The summed E-state index contributed by atoms with van der Waals surface area (Å²) in [5.74, 6) is 1.20. The van der Waals surface area contributed by atoms with E-state index in [2.05, 4.69) is 20.2 Å². The van der Waals surface area contributed by atoms with E-state index >= 15 is 0 Å². The molecule has 6 nitrogen and oxygen atoms in total. The number of aryl methyl sites for hydroxylation is 1. The predicted octanol–water partition coefficient (Wildman–Crippen LogP) is 3.57. The van der Waals surface area contributed by atoms with Crippen molar-refractivity contribution in [1.82, 2.24) is 14.9 Å². The summed E-state index contributed by atoms with van der Waals surface area (Å²) in [7, 11) is 0. The van der Waals surface area contributed by atoms with Gasteiger partial charge in [0.05, 0.1) is 0 Å². The monoisotopic (exact) mass is 362 g/mol. The number of hydrogen-bond donors (Lipinski definition) is 3. The van der Waals surface area contributed by atoms with Crippen molar-refractivity contribution in [2.45, 2.75) is 25.8 Å². The van der Waals surface area contributed by atoms with Crippen molar-refractivity contribution in [3.05, 3.63) is 66.0 Å². The van der Waals surface area contributed by atoms with Gasteiger partial charge < -0.3 is 20.3 Å². The Morgan fingerprint density at radius 3 is 2.89 bits per heavy atom. The smallest absolute Gasteiger partial charge is 0.319 e. The number of phenols is 1. The van der Waals surface area contributed by atoms with Crippen molar-refractivity contribution >= 4 is 11.7 Å². The van der Waals surface area contributed by atoms with Crippen LogP contribution in [0.25, 0.3) is 11.4 Å². The lowest BCUT2D eigenvalue weighted by molar-refractivity contribution is 0.252. The van der Waals surface area contributed by atoms with Crippen molar-refractivity contribution in [3.63, 3.8) is 0 Å². The number of phenolic OH excluding ortho intramolecular Hbond substituents is 1. The van der Waals surface area contributed by atoms with E-state index in [0.29, 0.717) is 13.0 Å². The lowest BCUT2D eigenvalue weighted by Gasteiger charge is -2.10.